The molecule has 5 rings (SSSR count). The van der Waals surface area contributed by atoms with Crippen molar-refractivity contribution in [1.82, 2.24) is 25.5 Å². The zero-order chi connectivity index (χ0) is 27.2. The highest BCUT2D eigenvalue weighted by atomic mass is 35.5. The number of H-pyrrole nitrogens is 1. The van der Waals surface area contributed by atoms with Gasteiger partial charge in [-0.15, -0.1) is 24.8 Å². The Morgan fingerprint density at radius 1 is 1.20 bits per heavy atom. The standard InChI is InChI=1S/C24H25Cl2F3N8O.2ClH/c25-12-1-3-16-14(9-12)13-5-7-37(17(20(13)34-16)11-33-23(30)31)22(38)18-10-32-6-8-36(18)19-4-2-15(26)21(35-19)24(27,28)29;;/h1-4,9,17-18,32,34H,5-8,10-11H2,(H4,30,31,33);2*1H. The molecule has 2 unspecified atom stereocenters. The summed E-state index contributed by atoms with van der Waals surface area (Å²) in [5, 5.41) is 14.7. The zero-order valence-electron chi connectivity index (χ0n) is 20.8. The number of carbonyl (C=O) groups is 1. The molecule has 40 heavy (non-hydrogen) atoms. The summed E-state index contributed by atoms with van der Waals surface area (Å²) >= 11 is 12.0. The maximum Gasteiger partial charge on any atom is 0.434 e. The Hall–Kier alpha value is -2.64. The Labute approximate surface area is 250 Å². The lowest BCUT2D eigenvalue weighted by molar-refractivity contribution is -0.141. The number of hydrogen-bond donors (Lipinski definition) is 5. The molecule has 0 saturated carbocycles. The van der Waals surface area contributed by atoms with E-state index >= 15 is 0 Å². The van der Waals surface area contributed by atoms with E-state index in [-0.39, 0.29) is 62.1 Å². The highest BCUT2D eigenvalue weighted by Crippen LogP contribution is 2.37. The van der Waals surface area contributed by atoms with E-state index in [2.05, 4.69) is 20.6 Å². The molecule has 218 valence electrons. The summed E-state index contributed by atoms with van der Waals surface area (Å²) in [6.07, 6.45) is -4.18. The van der Waals surface area contributed by atoms with Gasteiger partial charge in [0.2, 0.25) is 5.91 Å². The van der Waals surface area contributed by atoms with Crippen molar-refractivity contribution in [2.75, 3.05) is 37.6 Å². The van der Waals surface area contributed by atoms with Crippen molar-refractivity contribution in [2.24, 2.45) is 5.73 Å². The number of hydrogen-bond acceptors (Lipinski definition) is 5. The Kier molecular flexibility index (Phi) is 9.95. The van der Waals surface area contributed by atoms with Gasteiger partial charge in [0.05, 0.1) is 11.1 Å². The van der Waals surface area contributed by atoms with Crippen molar-refractivity contribution in [3.63, 3.8) is 0 Å². The van der Waals surface area contributed by atoms with Crippen LogP contribution in [0.15, 0.2) is 30.3 Å². The second-order valence-electron chi connectivity index (χ2n) is 9.21. The lowest BCUT2D eigenvalue weighted by atomic mass is 9.96. The molecule has 2 aliphatic rings. The Morgan fingerprint density at radius 2 is 1.95 bits per heavy atom. The highest BCUT2D eigenvalue weighted by Gasteiger charge is 2.41. The van der Waals surface area contributed by atoms with Crippen LogP contribution >= 0.6 is 48.0 Å². The molecule has 1 aromatic carbocycles. The van der Waals surface area contributed by atoms with Gasteiger partial charge >= 0.3 is 6.18 Å². The first-order valence-electron chi connectivity index (χ1n) is 11.9. The van der Waals surface area contributed by atoms with E-state index in [4.69, 9.17) is 34.3 Å². The first-order valence-corrected chi connectivity index (χ1v) is 12.7. The lowest BCUT2D eigenvalue weighted by Gasteiger charge is -2.42. The number of amides is 1. The molecule has 2 atom stereocenters. The van der Waals surface area contributed by atoms with Gasteiger partial charge in [-0.25, -0.2) is 4.98 Å². The van der Waals surface area contributed by atoms with Gasteiger partial charge in [0.25, 0.3) is 0 Å². The number of nitrogens with zero attached hydrogens (tertiary/aromatic N) is 3. The van der Waals surface area contributed by atoms with Gasteiger partial charge in [0, 0.05) is 54.3 Å². The van der Waals surface area contributed by atoms with Crippen molar-refractivity contribution in [3.8, 4) is 0 Å². The van der Waals surface area contributed by atoms with E-state index in [9.17, 15) is 18.0 Å². The number of benzene rings is 1. The van der Waals surface area contributed by atoms with Crippen LogP contribution in [0.3, 0.4) is 0 Å². The van der Waals surface area contributed by atoms with Crippen LogP contribution in [-0.4, -0.2) is 65.5 Å². The first kappa shape index (κ1) is 31.9. The van der Waals surface area contributed by atoms with Crippen LogP contribution < -0.4 is 21.3 Å². The average Bonchev–Trinajstić information content (AvgIpc) is 3.24. The van der Waals surface area contributed by atoms with Crippen LogP contribution in [-0.2, 0) is 17.4 Å². The van der Waals surface area contributed by atoms with Crippen LogP contribution in [0.1, 0.15) is 23.0 Å². The molecule has 1 amide bonds. The molecule has 0 radical (unpaired) electrons. The molecule has 3 aromatic rings. The van der Waals surface area contributed by atoms with Crippen LogP contribution in [0.25, 0.3) is 10.9 Å². The highest BCUT2D eigenvalue weighted by molar-refractivity contribution is 6.31. The number of guanidine groups is 1. The van der Waals surface area contributed by atoms with Crippen molar-refractivity contribution in [3.05, 3.63) is 57.3 Å². The van der Waals surface area contributed by atoms with E-state index in [0.29, 0.717) is 24.5 Å². The number of aromatic nitrogens is 2. The summed E-state index contributed by atoms with van der Waals surface area (Å²) in [5.74, 6) is -0.493. The number of nitrogens with two attached hydrogens (primary N) is 1. The third-order valence-corrected chi connectivity index (χ3v) is 7.44. The lowest BCUT2D eigenvalue weighted by Crippen LogP contribution is -2.60. The third-order valence-electron chi connectivity index (χ3n) is 6.90. The van der Waals surface area contributed by atoms with Crippen molar-refractivity contribution < 1.29 is 18.0 Å². The van der Waals surface area contributed by atoms with Crippen LogP contribution in [0.2, 0.25) is 10.0 Å². The molecule has 1 fully saturated rings. The summed E-state index contributed by atoms with van der Waals surface area (Å²) in [6.45, 7) is 1.51. The number of pyridine rings is 1. The second kappa shape index (κ2) is 12.5. The summed E-state index contributed by atoms with van der Waals surface area (Å²) in [4.78, 5) is 24.5. The smallest absolute Gasteiger partial charge is 0.370 e. The van der Waals surface area contributed by atoms with Crippen molar-refractivity contribution >= 4 is 76.6 Å². The number of fused-ring (bicyclic) bond motifs is 3. The Balaban J connectivity index is 0.00000220. The molecular weight excluding hydrogens is 615 g/mol. The van der Waals surface area contributed by atoms with Gasteiger partial charge in [-0.05, 0) is 42.3 Å². The second-order valence-corrected chi connectivity index (χ2v) is 10.1. The SMILES string of the molecule is Cl.Cl.N=C(N)NCC1c2[nH]c3ccc(Cl)cc3c2CCN1C(=O)C1CNCCN1c1ccc(Cl)c(C(F)(F)F)n1. The maximum absolute atomic E-state index is 14.0. The fraction of sp³-hybridized carbons (Fsp3) is 0.375. The molecule has 9 nitrogen and oxygen atoms in total. The molecule has 2 aromatic heterocycles. The molecule has 2 aliphatic heterocycles. The van der Waals surface area contributed by atoms with Gasteiger partial charge in [0.15, 0.2) is 11.7 Å². The minimum Gasteiger partial charge on any atom is -0.370 e. The molecule has 1 saturated heterocycles. The topological polar surface area (TPSA) is 126 Å². The minimum absolute atomic E-state index is 0. The van der Waals surface area contributed by atoms with E-state index in [1.54, 1.807) is 15.9 Å². The minimum atomic E-state index is -4.73. The van der Waals surface area contributed by atoms with Crippen molar-refractivity contribution in [2.45, 2.75) is 24.7 Å². The quantitative estimate of drug-likeness (QED) is 0.216. The number of rotatable bonds is 4. The average molecular weight is 642 g/mol. The number of piperazine rings is 1. The van der Waals surface area contributed by atoms with E-state index in [0.717, 1.165) is 28.2 Å². The summed E-state index contributed by atoms with van der Waals surface area (Å²) < 4.78 is 40.5. The molecule has 0 aliphatic carbocycles. The number of alkyl halides is 3. The zero-order valence-corrected chi connectivity index (χ0v) is 24.0. The van der Waals surface area contributed by atoms with Gasteiger partial charge in [-0.2, -0.15) is 13.2 Å². The van der Waals surface area contributed by atoms with Crippen LogP contribution in [0.5, 0.6) is 0 Å². The van der Waals surface area contributed by atoms with Crippen LogP contribution in [0, 0.1) is 5.41 Å². The first-order chi connectivity index (χ1) is 18.0. The number of nitrogens with one attached hydrogen (secondary N) is 4. The number of anilines is 1. The number of aromatic amines is 1. The normalized spacial score (nSPS) is 18.9. The number of halogens is 7. The van der Waals surface area contributed by atoms with Crippen molar-refractivity contribution in [1.29, 1.82) is 5.41 Å². The predicted octanol–water partition coefficient (Wildman–Crippen LogP) is 4.12. The monoisotopic (exact) mass is 640 g/mol. The van der Waals surface area contributed by atoms with Gasteiger partial charge < -0.3 is 31.2 Å². The summed E-state index contributed by atoms with van der Waals surface area (Å²) in [6, 6.07) is 6.75. The Bertz CT molecular complexity index is 1400. The summed E-state index contributed by atoms with van der Waals surface area (Å²) in [7, 11) is 0. The van der Waals surface area contributed by atoms with E-state index in [1.165, 1.54) is 6.07 Å². The molecule has 0 bridgehead atoms. The molecule has 0 spiro atoms. The fourth-order valence-corrected chi connectivity index (χ4v) is 5.59. The van der Waals surface area contributed by atoms with Gasteiger partial charge in [-0.3, -0.25) is 10.2 Å². The van der Waals surface area contributed by atoms with Crippen LogP contribution in [0.4, 0.5) is 19.0 Å². The molecule has 16 heteroatoms. The molecule has 6 N–H and O–H groups in total. The summed E-state index contributed by atoms with van der Waals surface area (Å²) in [5.41, 5.74) is 7.06. The van der Waals surface area contributed by atoms with E-state index < -0.39 is 29.0 Å². The van der Waals surface area contributed by atoms with E-state index in [1.807, 2.05) is 12.1 Å². The third kappa shape index (κ3) is 6.15. The number of carbonyl (C=O) groups excluding carboxylic acids is 1. The molecule has 4 heterocycles. The Morgan fingerprint density at radius 3 is 2.65 bits per heavy atom. The van der Waals surface area contributed by atoms with Gasteiger partial charge in [0.1, 0.15) is 11.9 Å². The predicted molar refractivity (Wildman–Crippen MR) is 154 cm³/mol. The maximum atomic E-state index is 14.0. The van der Waals surface area contributed by atoms with Gasteiger partial charge in [-0.1, -0.05) is 23.2 Å². The largest absolute Gasteiger partial charge is 0.434 e. The fourth-order valence-electron chi connectivity index (χ4n) is 5.20. The molecular formula is C24H27Cl4F3N8O.